The molecule has 0 saturated carbocycles. The smallest absolute Gasteiger partial charge is 0.313 e. The van der Waals surface area contributed by atoms with Crippen molar-refractivity contribution in [2.45, 2.75) is 13.0 Å². The van der Waals surface area contributed by atoms with Crippen LogP contribution in [0.4, 0.5) is 5.69 Å². The van der Waals surface area contributed by atoms with Gasteiger partial charge in [-0.15, -0.1) is 0 Å². The van der Waals surface area contributed by atoms with Gasteiger partial charge in [-0.25, -0.2) is 0 Å². The topological polar surface area (TPSA) is 78.4 Å². The van der Waals surface area contributed by atoms with E-state index in [-0.39, 0.29) is 6.61 Å². The highest BCUT2D eigenvalue weighted by Gasteiger charge is 2.15. The van der Waals surface area contributed by atoms with Gasteiger partial charge in [0.2, 0.25) is 0 Å². The van der Waals surface area contributed by atoms with E-state index in [1.54, 1.807) is 25.1 Å². The van der Waals surface area contributed by atoms with Gasteiger partial charge in [-0.05, 0) is 25.1 Å². The Labute approximate surface area is 107 Å². The molecular weight excluding hydrogens is 288 g/mol. The Bertz CT molecular complexity index is 423. The average molecular weight is 301 g/mol. The number of halogens is 1. The van der Waals surface area contributed by atoms with Crippen LogP contribution in [0.5, 0.6) is 0 Å². The fourth-order valence-electron chi connectivity index (χ4n) is 1.09. The Hall–Kier alpha value is -1.40. The van der Waals surface area contributed by atoms with Crippen LogP contribution in [-0.4, -0.2) is 29.6 Å². The quantitative estimate of drug-likeness (QED) is 0.725. The molecule has 0 aliphatic rings. The molecule has 0 spiro atoms. The fraction of sp³-hybridized carbons (Fsp3) is 0.273. The van der Waals surface area contributed by atoms with Gasteiger partial charge < -0.3 is 15.7 Å². The van der Waals surface area contributed by atoms with Crippen molar-refractivity contribution in [1.29, 1.82) is 0 Å². The number of nitrogens with one attached hydrogen (secondary N) is 2. The molecule has 1 aromatic rings. The van der Waals surface area contributed by atoms with E-state index in [1.807, 2.05) is 6.07 Å². The molecule has 0 aromatic heterocycles. The zero-order valence-electron chi connectivity index (χ0n) is 9.24. The van der Waals surface area contributed by atoms with Gasteiger partial charge in [0.25, 0.3) is 0 Å². The molecule has 92 valence electrons. The molecule has 1 rings (SSSR count). The Kier molecular flexibility index (Phi) is 5.11. The molecule has 17 heavy (non-hydrogen) atoms. The van der Waals surface area contributed by atoms with Crippen LogP contribution in [-0.2, 0) is 9.59 Å². The van der Waals surface area contributed by atoms with Crippen molar-refractivity contribution in [1.82, 2.24) is 5.32 Å². The van der Waals surface area contributed by atoms with Gasteiger partial charge in [0.05, 0.1) is 6.61 Å². The van der Waals surface area contributed by atoms with E-state index in [0.717, 1.165) is 4.47 Å². The van der Waals surface area contributed by atoms with Crippen molar-refractivity contribution < 1.29 is 14.7 Å². The molecule has 1 atom stereocenters. The van der Waals surface area contributed by atoms with E-state index >= 15 is 0 Å². The van der Waals surface area contributed by atoms with E-state index in [1.165, 1.54) is 0 Å². The lowest BCUT2D eigenvalue weighted by Gasteiger charge is -2.10. The molecule has 0 aliphatic carbocycles. The van der Waals surface area contributed by atoms with E-state index in [0.29, 0.717) is 5.69 Å². The minimum atomic E-state index is -0.772. The molecule has 0 radical (unpaired) electrons. The van der Waals surface area contributed by atoms with Crippen LogP contribution in [0.3, 0.4) is 0 Å². The molecule has 3 N–H and O–H groups in total. The van der Waals surface area contributed by atoms with Crippen LogP contribution >= 0.6 is 15.9 Å². The predicted octanol–water partition coefficient (Wildman–Crippen LogP) is 0.885. The van der Waals surface area contributed by atoms with Gasteiger partial charge in [-0.2, -0.15) is 0 Å². The molecular formula is C11H13BrN2O3. The van der Waals surface area contributed by atoms with Crippen molar-refractivity contribution in [3.63, 3.8) is 0 Å². The van der Waals surface area contributed by atoms with Crippen LogP contribution in [0.15, 0.2) is 28.7 Å². The maximum atomic E-state index is 11.5. The normalized spacial score (nSPS) is 11.7. The predicted molar refractivity (Wildman–Crippen MR) is 67.5 cm³/mol. The summed E-state index contributed by atoms with van der Waals surface area (Å²) in [7, 11) is 0. The summed E-state index contributed by atoms with van der Waals surface area (Å²) in [5, 5.41) is 13.5. The first-order valence-corrected chi connectivity index (χ1v) is 5.80. The number of rotatable bonds is 3. The SMILES string of the molecule is CC(CO)NC(=O)C(=O)Nc1cccc(Br)c1. The van der Waals surface area contributed by atoms with Crippen molar-refractivity contribution in [2.75, 3.05) is 11.9 Å². The highest BCUT2D eigenvalue weighted by atomic mass is 79.9. The summed E-state index contributed by atoms with van der Waals surface area (Å²) < 4.78 is 0.805. The Morgan fingerprint density at radius 1 is 1.41 bits per heavy atom. The molecule has 0 heterocycles. The first-order chi connectivity index (χ1) is 8.02. The third-order valence-electron chi connectivity index (χ3n) is 1.94. The average Bonchev–Trinajstić information content (AvgIpc) is 2.28. The number of carbonyl (C=O) groups is 2. The summed E-state index contributed by atoms with van der Waals surface area (Å²) in [6.45, 7) is 1.39. The maximum Gasteiger partial charge on any atom is 0.313 e. The summed E-state index contributed by atoms with van der Waals surface area (Å²) in [6.07, 6.45) is 0. The number of amides is 2. The Morgan fingerprint density at radius 2 is 2.12 bits per heavy atom. The summed E-state index contributed by atoms with van der Waals surface area (Å²) in [6, 6.07) is 6.46. The highest BCUT2D eigenvalue weighted by molar-refractivity contribution is 9.10. The molecule has 1 aromatic carbocycles. The summed E-state index contributed by atoms with van der Waals surface area (Å²) >= 11 is 3.26. The standard InChI is InChI=1S/C11H13BrN2O3/c1-7(6-15)13-10(16)11(17)14-9-4-2-3-8(12)5-9/h2-5,7,15H,6H2,1H3,(H,13,16)(H,14,17). The molecule has 0 saturated heterocycles. The fourth-order valence-corrected chi connectivity index (χ4v) is 1.49. The minimum absolute atomic E-state index is 0.212. The van der Waals surface area contributed by atoms with Crippen molar-refractivity contribution in [3.8, 4) is 0 Å². The third-order valence-corrected chi connectivity index (χ3v) is 2.43. The number of hydrogen-bond donors (Lipinski definition) is 3. The Morgan fingerprint density at radius 3 is 2.71 bits per heavy atom. The van der Waals surface area contributed by atoms with Gasteiger partial charge in [-0.1, -0.05) is 22.0 Å². The van der Waals surface area contributed by atoms with Crippen LogP contribution < -0.4 is 10.6 Å². The number of aliphatic hydroxyl groups excluding tert-OH is 1. The van der Waals surface area contributed by atoms with Crippen molar-refractivity contribution in [2.24, 2.45) is 0 Å². The number of hydrogen-bond acceptors (Lipinski definition) is 3. The van der Waals surface area contributed by atoms with Crippen molar-refractivity contribution >= 4 is 33.4 Å². The molecule has 6 heteroatoms. The largest absolute Gasteiger partial charge is 0.394 e. The van der Waals surface area contributed by atoms with Gasteiger partial charge in [0, 0.05) is 16.2 Å². The van der Waals surface area contributed by atoms with Gasteiger partial charge in [-0.3, -0.25) is 9.59 Å². The van der Waals surface area contributed by atoms with E-state index in [4.69, 9.17) is 5.11 Å². The molecule has 5 nitrogen and oxygen atoms in total. The molecule has 0 bridgehead atoms. The monoisotopic (exact) mass is 300 g/mol. The molecule has 1 unspecified atom stereocenters. The lowest BCUT2D eigenvalue weighted by molar-refractivity contribution is -0.136. The summed E-state index contributed by atoms with van der Waals surface area (Å²) in [5.74, 6) is -1.53. The Balaban J connectivity index is 2.57. The molecule has 0 aliphatic heterocycles. The van der Waals surface area contributed by atoms with E-state index in [9.17, 15) is 9.59 Å². The number of anilines is 1. The lowest BCUT2D eigenvalue weighted by atomic mass is 10.3. The lowest BCUT2D eigenvalue weighted by Crippen LogP contribution is -2.42. The van der Waals surface area contributed by atoms with E-state index < -0.39 is 17.9 Å². The summed E-state index contributed by atoms with van der Waals surface area (Å²) in [4.78, 5) is 22.8. The van der Waals surface area contributed by atoms with Crippen LogP contribution in [0.2, 0.25) is 0 Å². The first-order valence-electron chi connectivity index (χ1n) is 5.01. The highest BCUT2D eigenvalue weighted by Crippen LogP contribution is 2.15. The number of benzene rings is 1. The second-order valence-electron chi connectivity index (χ2n) is 3.52. The van der Waals surface area contributed by atoms with Gasteiger partial charge >= 0.3 is 11.8 Å². The molecule has 0 fully saturated rings. The third kappa shape index (κ3) is 4.54. The second kappa shape index (κ2) is 6.36. The van der Waals surface area contributed by atoms with Gasteiger partial charge in [0.1, 0.15) is 0 Å². The molecule has 2 amide bonds. The maximum absolute atomic E-state index is 11.5. The number of carbonyl (C=O) groups excluding carboxylic acids is 2. The first kappa shape index (κ1) is 13.7. The zero-order valence-corrected chi connectivity index (χ0v) is 10.8. The van der Waals surface area contributed by atoms with Gasteiger partial charge in [0.15, 0.2) is 0 Å². The zero-order chi connectivity index (χ0) is 12.8. The number of aliphatic hydroxyl groups is 1. The van der Waals surface area contributed by atoms with Crippen LogP contribution in [0.25, 0.3) is 0 Å². The van der Waals surface area contributed by atoms with Crippen molar-refractivity contribution in [3.05, 3.63) is 28.7 Å². The van der Waals surface area contributed by atoms with E-state index in [2.05, 4.69) is 26.6 Å². The van der Waals surface area contributed by atoms with Crippen LogP contribution in [0.1, 0.15) is 6.92 Å². The minimum Gasteiger partial charge on any atom is -0.394 e. The summed E-state index contributed by atoms with van der Waals surface area (Å²) in [5.41, 5.74) is 0.524. The second-order valence-corrected chi connectivity index (χ2v) is 4.44. The van der Waals surface area contributed by atoms with Crippen LogP contribution in [0, 0.1) is 0 Å².